The van der Waals surface area contributed by atoms with Crippen molar-refractivity contribution in [2.45, 2.75) is 71.2 Å². The van der Waals surface area contributed by atoms with Crippen LogP contribution in [0.2, 0.25) is 0 Å². The standard InChI is InChI=1S/C28H31F3N4O6/c1-14-5-6-28(9-21(36)35(41-28)13-27(2,3)4)20-12-33(14)26(40)22-24(38)23(37)17(11-34(20)22)25(39)32-10-16-18(30)7-15(29)8-19(16)31/h7-8,11,14,20,38H,5-6,9-10,12-13H2,1-4H3,(H,32,39)/t14-,20+,28-/m0/s1. The topological polar surface area (TPSA) is 121 Å². The van der Waals surface area contributed by atoms with Crippen LogP contribution in [0.1, 0.15) is 79.4 Å². The van der Waals surface area contributed by atoms with Crippen molar-refractivity contribution >= 4 is 17.7 Å². The van der Waals surface area contributed by atoms with Crippen molar-refractivity contribution in [2.24, 2.45) is 5.41 Å². The van der Waals surface area contributed by atoms with Crippen LogP contribution in [0.5, 0.6) is 5.75 Å². The molecule has 13 heteroatoms. The molecule has 41 heavy (non-hydrogen) atoms. The molecule has 3 aliphatic rings. The lowest BCUT2D eigenvalue weighted by atomic mass is 9.85. The fourth-order valence-corrected chi connectivity index (χ4v) is 5.82. The molecule has 2 bridgehead atoms. The van der Waals surface area contributed by atoms with Gasteiger partial charge in [-0.15, -0.1) is 0 Å². The van der Waals surface area contributed by atoms with Crippen LogP contribution in [-0.4, -0.2) is 62.1 Å². The van der Waals surface area contributed by atoms with Crippen molar-refractivity contribution < 1.29 is 37.5 Å². The van der Waals surface area contributed by atoms with Gasteiger partial charge in [0.1, 0.15) is 28.6 Å². The lowest BCUT2D eigenvalue weighted by Crippen LogP contribution is -2.52. The lowest BCUT2D eigenvalue weighted by molar-refractivity contribution is -0.220. The molecule has 220 valence electrons. The van der Waals surface area contributed by atoms with Crippen molar-refractivity contribution in [1.29, 1.82) is 0 Å². The molecular weight excluding hydrogens is 545 g/mol. The van der Waals surface area contributed by atoms with Gasteiger partial charge in [-0.3, -0.25) is 24.0 Å². The molecule has 1 aromatic carbocycles. The summed E-state index contributed by atoms with van der Waals surface area (Å²) in [6.07, 6.45) is 1.97. The van der Waals surface area contributed by atoms with Gasteiger partial charge >= 0.3 is 0 Å². The average molecular weight is 577 g/mol. The Bertz CT molecular complexity index is 1500. The molecule has 1 aromatic heterocycles. The van der Waals surface area contributed by atoms with E-state index in [2.05, 4.69) is 5.32 Å². The molecule has 3 atom stereocenters. The maximum Gasteiger partial charge on any atom is 0.274 e. The van der Waals surface area contributed by atoms with Gasteiger partial charge in [0.2, 0.25) is 11.3 Å². The maximum absolute atomic E-state index is 14.1. The number of amides is 3. The highest BCUT2D eigenvalue weighted by Crippen LogP contribution is 2.47. The van der Waals surface area contributed by atoms with E-state index in [-0.39, 0.29) is 36.0 Å². The number of hydroxylamine groups is 2. The number of rotatable bonds is 4. The summed E-state index contributed by atoms with van der Waals surface area (Å²) < 4.78 is 42.8. The molecular formula is C28H31F3N4O6. The summed E-state index contributed by atoms with van der Waals surface area (Å²) in [5.74, 6) is -6.48. The first-order valence-electron chi connectivity index (χ1n) is 13.3. The minimum Gasteiger partial charge on any atom is -0.503 e. The molecule has 4 heterocycles. The number of carbonyl (C=O) groups is 3. The molecule has 3 aliphatic heterocycles. The molecule has 0 radical (unpaired) electrons. The Morgan fingerprint density at radius 1 is 1.17 bits per heavy atom. The number of halogens is 3. The zero-order chi connectivity index (χ0) is 30.0. The van der Waals surface area contributed by atoms with Crippen molar-refractivity contribution in [1.82, 2.24) is 19.8 Å². The highest BCUT2D eigenvalue weighted by Gasteiger charge is 2.56. The van der Waals surface area contributed by atoms with E-state index < -0.39 is 69.8 Å². The van der Waals surface area contributed by atoms with Crippen LogP contribution in [0.3, 0.4) is 0 Å². The number of hydrogen-bond donors (Lipinski definition) is 2. The summed E-state index contributed by atoms with van der Waals surface area (Å²) in [6, 6.07) is -0.120. The normalized spacial score (nSPS) is 24.1. The summed E-state index contributed by atoms with van der Waals surface area (Å²) in [6.45, 7) is 7.39. The number of benzene rings is 1. The molecule has 0 unspecified atom stereocenters. The number of carbonyl (C=O) groups excluding carboxylic acids is 3. The van der Waals surface area contributed by atoms with Crippen LogP contribution in [0.4, 0.5) is 13.2 Å². The van der Waals surface area contributed by atoms with Crippen molar-refractivity contribution in [3.63, 3.8) is 0 Å². The van der Waals surface area contributed by atoms with Gasteiger partial charge < -0.3 is 19.9 Å². The second-order valence-corrected chi connectivity index (χ2v) is 12.2. The monoisotopic (exact) mass is 576 g/mol. The van der Waals surface area contributed by atoms with Crippen molar-refractivity contribution in [2.75, 3.05) is 13.1 Å². The third kappa shape index (κ3) is 4.96. The van der Waals surface area contributed by atoms with E-state index in [1.807, 2.05) is 27.7 Å². The number of fused-ring (bicyclic) bond motifs is 5. The molecule has 0 saturated carbocycles. The van der Waals surface area contributed by atoms with Crippen molar-refractivity contribution in [3.8, 4) is 5.75 Å². The molecule has 5 rings (SSSR count). The number of nitrogens with zero attached hydrogens (tertiary/aromatic N) is 3. The number of pyridine rings is 1. The van der Waals surface area contributed by atoms with E-state index in [0.717, 1.165) is 6.20 Å². The summed E-state index contributed by atoms with van der Waals surface area (Å²) >= 11 is 0. The first-order chi connectivity index (χ1) is 19.1. The van der Waals surface area contributed by atoms with Gasteiger partial charge in [-0.25, -0.2) is 18.2 Å². The Hall–Kier alpha value is -3.87. The molecule has 2 aromatic rings. The second-order valence-electron chi connectivity index (χ2n) is 12.2. The third-order valence-electron chi connectivity index (χ3n) is 7.92. The van der Waals surface area contributed by atoms with E-state index in [9.17, 15) is 37.5 Å². The van der Waals surface area contributed by atoms with Crippen LogP contribution >= 0.6 is 0 Å². The zero-order valence-corrected chi connectivity index (χ0v) is 23.1. The number of nitrogens with one attached hydrogen (secondary N) is 1. The van der Waals surface area contributed by atoms with Gasteiger partial charge in [0, 0.05) is 43.0 Å². The van der Waals surface area contributed by atoms with Gasteiger partial charge in [0.15, 0.2) is 11.4 Å². The second kappa shape index (κ2) is 9.89. The van der Waals surface area contributed by atoms with Crippen LogP contribution in [0.15, 0.2) is 23.1 Å². The fourth-order valence-electron chi connectivity index (χ4n) is 5.82. The number of aromatic hydroxyl groups is 1. The van der Waals surface area contributed by atoms with Crippen LogP contribution in [0.25, 0.3) is 0 Å². The van der Waals surface area contributed by atoms with Crippen molar-refractivity contribution in [3.05, 3.63) is 62.8 Å². The van der Waals surface area contributed by atoms with Gasteiger partial charge in [-0.1, -0.05) is 20.8 Å². The Balaban J connectivity index is 1.55. The van der Waals surface area contributed by atoms with Gasteiger partial charge in [0.05, 0.1) is 19.0 Å². The highest BCUT2D eigenvalue weighted by molar-refractivity contribution is 5.99. The lowest BCUT2D eigenvalue weighted by Gasteiger charge is -2.42. The maximum atomic E-state index is 14.1. The smallest absolute Gasteiger partial charge is 0.274 e. The minimum absolute atomic E-state index is 0.0144. The van der Waals surface area contributed by atoms with Crippen LogP contribution < -0.4 is 10.7 Å². The fraction of sp³-hybridized carbons (Fsp3) is 0.500. The van der Waals surface area contributed by atoms with Gasteiger partial charge in [0.25, 0.3) is 11.8 Å². The van der Waals surface area contributed by atoms with E-state index >= 15 is 0 Å². The zero-order valence-electron chi connectivity index (χ0n) is 23.1. The van der Waals surface area contributed by atoms with E-state index in [0.29, 0.717) is 31.5 Å². The first kappa shape index (κ1) is 28.7. The molecule has 3 amide bonds. The molecule has 0 aliphatic carbocycles. The summed E-state index contributed by atoms with van der Waals surface area (Å²) in [5.41, 5.74) is -4.10. The van der Waals surface area contributed by atoms with Crippen LogP contribution in [0, 0.1) is 22.9 Å². The van der Waals surface area contributed by atoms with Gasteiger partial charge in [-0.05, 0) is 25.2 Å². The van der Waals surface area contributed by atoms with E-state index in [1.54, 1.807) is 0 Å². The quantitative estimate of drug-likeness (QED) is 0.578. The largest absolute Gasteiger partial charge is 0.503 e. The average Bonchev–Trinajstić information content (AvgIpc) is 3.11. The molecule has 2 fully saturated rings. The van der Waals surface area contributed by atoms with Crippen LogP contribution in [-0.2, 0) is 16.2 Å². The first-order valence-corrected chi connectivity index (χ1v) is 13.3. The SMILES string of the molecule is C[C@H]1CC[C@]2(CC(=O)N(CC(C)(C)C)O2)[C@H]2CN1C(=O)c1c(O)c(=O)c(C(=O)NCc3c(F)cc(F)cc3F)cn12. The molecule has 10 nitrogen and oxygen atoms in total. The molecule has 2 saturated heterocycles. The van der Waals surface area contributed by atoms with E-state index in [4.69, 9.17) is 4.84 Å². The van der Waals surface area contributed by atoms with Gasteiger partial charge in [-0.2, -0.15) is 0 Å². The number of aromatic nitrogens is 1. The summed E-state index contributed by atoms with van der Waals surface area (Å²) in [5, 5.41) is 14.5. The number of hydrogen-bond acceptors (Lipinski definition) is 6. The Labute approximate surface area is 233 Å². The molecule has 1 spiro atoms. The summed E-state index contributed by atoms with van der Waals surface area (Å²) in [4.78, 5) is 60.6. The minimum atomic E-state index is -1.23. The Kier molecular flexibility index (Phi) is 6.91. The summed E-state index contributed by atoms with van der Waals surface area (Å²) in [7, 11) is 0. The Morgan fingerprint density at radius 2 is 1.83 bits per heavy atom. The van der Waals surface area contributed by atoms with E-state index in [1.165, 1.54) is 14.5 Å². The Morgan fingerprint density at radius 3 is 2.46 bits per heavy atom. The predicted octanol–water partition coefficient (Wildman–Crippen LogP) is 3.03. The predicted molar refractivity (Wildman–Crippen MR) is 138 cm³/mol. The highest BCUT2D eigenvalue weighted by atomic mass is 19.1. The third-order valence-corrected chi connectivity index (χ3v) is 7.92. The molecule has 2 N–H and O–H groups in total.